The van der Waals surface area contributed by atoms with Crippen LogP contribution >= 0.6 is 0 Å². The highest BCUT2D eigenvalue weighted by atomic mass is 19.2. The topological polar surface area (TPSA) is 58.2 Å². The molecule has 0 heterocycles. The Morgan fingerprint density at radius 1 is 0.846 bits per heavy atom. The molecular weight excluding hydrogens is 338 g/mol. The van der Waals surface area contributed by atoms with E-state index in [1.807, 2.05) is 0 Å². The molecule has 0 aliphatic heterocycles. The first-order valence-corrected chi connectivity index (χ1v) is 8.70. The zero-order valence-corrected chi connectivity index (χ0v) is 14.2. The van der Waals surface area contributed by atoms with E-state index in [2.05, 4.69) is 10.6 Å². The van der Waals surface area contributed by atoms with Gasteiger partial charge in [-0.15, -0.1) is 0 Å². The highest BCUT2D eigenvalue weighted by Gasteiger charge is 2.21. The number of rotatable bonds is 4. The van der Waals surface area contributed by atoms with E-state index in [4.69, 9.17) is 0 Å². The monoisotopic (exact) mass is 358 g/mol. The molecule has 1 aliphatic rings. The number of carbonyl (C=O) groups is 2. The third kappa shape index (κ3) is 4.45. The van der Waals surface area contributed by atoms with Crippen LogP contribution in [0.5, 0.6) is 0 Å². The molecule has 6 heteroatoms. The second-order valence-electron chi connectivity index (χ2n) is 6.49. The third-order valence-electron chi connectivity index (χ3n) is 4.55. The lowest BCUT2D eigenvalue weighted by Gasteiger charge is -2.20. The molecular formula is C20H20F2N2O2. The summed E-state index contributed by atoms with van der Waals surface area (Å²) >= 11 is 0. The van der Waals surface area contributed by atoms with Crippen molar-refractivity contribution in [2.75, 3.05) is 10.6 Å². The Labute approximate surface area is 150 Å². The molecule has 3 rings (SSSR count). The quantitative estimate of drug-likeness (QED) is 0.830. The molecule has 26 heavy (non-hydrogen) atoms. The van der Waals surface area contributed by atoms with Gasteiger partial charge in [-0.25, -0.2) is 8.78 Å². The van der Waals surface area contributed by atoms with Crippen molar-refractivity contribution in [2.45, 2.75) is 32.1 Å². The predicted molar refractivity (Wildman–Crippen MR) is 96.0 cm³/mol. The van der Waals surface area contributed by atoms with E-state index in [1.165, 1.54) is 12.5 Å². The van der Waals surface area contributed by atoms with Crippen molar-refractivity contribution in [2.24, 2.45) is 5.92 Å². The second kappa shape index (κ2) is 8.08. The van der Waals surface area contributed by atoms with Gasteiger partial charge in [0.1, 0.15) is 0 Å². The average Bonchev–Trinajstić information content (AvgIpc) is 2.65. The average molecular weight is 358 g/mol. The van der Waals surface area contributed by atoms with E-state index < -0.39 is 17.5 Å². The Balaban J connectivity index is 1.66. The first-order valence-electron chi connectivity index (χ1n) is 8.70. The smallest absolute Gasteiger partial charge is 0.255 e. The summed E-state index contributed by atoms with van der Waals surface area (Å²) in [5, 5.41) is 5.37. The number of anilines is 2. The zero-order valence-electron chi connectivity index (χ0n) is 14.2. The lowest BCUT2D eigenvalue weighted by molar-refractivity contribution is -0.120. The summed E-state index contributed by atoms with van der Waals surface area (Å²) in [6.45, 7) is 0. The number of nitrogens with one attached hydrogen (secondary N) is 2. The van der Waals surface area contributed by atoms with Crippen molar-refractivity contribution in [3.63, 3.8) is 0 Å². The van der Waals surface area contributed by atoms with E-state index in [-0.39, 0.29) is 17.5 Å². The van der Waals surface area contributed by atoms with Crippen LogP contribution in [0.15, 0.2) is 42.5 Å². The molecule has 2 aromatic carbocycles. The van der Waals surface area contributed by atoms with Crippen molar-refractivity contribution in [3.05, 3.63) is 59.7 Å². The summed E-state index contributed by atoms with van der Waals surface area (Å²) in [6.07, 6.45) is 5.08. The number of amides is 2. The Hall–Kier alpha value is -2.76. The molecule has 0 bridgehead atoms. The van der Waals surface area contributed by atoms with Gasteiger partial charge in [0, 0.05) is 28.9 Å². The van der Waals surface area contributed by atoms with Crippen LogP contribution in [-0.4, -0.2) is 11.8 Å². The van der Waals surface area contributed by atoms with E-state index in [1.54, 1.807) is 24.3 Å². The first kappa shape index (κ1) is 18.0. The minimum absolute atomic E-state index is 0.0171. The summed E-state index contributed by atoms with van der Waals surface area (Å²) in [4.78, 5) is 24.6. The van der Waals surface area contributed by atoms with Gasteiger partial charge >= 0.3 is 0 Å². The molecule has 1 aliphatic carbocycles. The van der Waals surface area contributed by atoms with Crippen molar-refractivity contribution in [3.8, 4) is 0 Å². The van der Waals surface area contributed by atoms with Crippen LogP contribution in [0.25, 0.3) is 0 Å². The summed E-state index contributed by atoms with van der Waals surface area (Å²) in [5.41, 5.74) is 1.01. The van der Waals surface area contributed by atoms with Crippen LogP contribution in [0.2, 0.25) is 0 Å². The van der Waals surface area contributed by atoms with E-state index in [9.17, 15) is 18.4 Å². The fourth-order valence-electron chi connectivity index (χ4n) is 3.12. The Kier molecular flexibility index (Phi) is 5.61. The van der Waals surface area contributed by atoms with E-state index >= 15 is 0 Å². The van der Waals surface area contributed by atoms with Gasteiger partial charge in [0.25, 0.3) is 5.91 Å². The van der Waals surface area contributed by atoms with Gasteiger partial charge in [0.05, 0.1) is 0 Å². The predicted octanol–water partition coefficient (Wildman–Crippen LogP) is 4.74. The lowest BCUT2D eigenvalue weighted by atomic mass is 9.88. The molecule has 0 atom stereocenters. The molecule has 136 valence electrons. The molecule has 0 saturated heterocycles. The van der Waals surface area contributed by atoms with Crippen molar-refractivity contribution >= 4 is 23.2 Å². The second-order valence-corrected chi connectivity index (χ2v) is 6.49. The molecule has 4 nitrogen and oxygen atoms in total. The van der Waals surface area contributed by atoms with Crippen molar-refractivity contribution in [1.29, 1.82) is 0 Å². The fraction of sp³-hybridized carbons (Fsp3) is 0.300. The van der Waals surface area contributed by atoms with Crippen LogP contribution in [0.3, 0.4) is 0 Å². The van der Waals surface area contributed by atoms with Crippen molar-refractivity contribution in [1.82, 2.24) is 0 Å². The van der Waals surface area contributed by atoms with Crippen LogP contribution < -0.4 is 10.6 Å². The Bertz CT molecular complexity index is 817. The summed E-state index contributed by atoms with van der Waals surface area (Å²) < 4.78 is 26.2. The first-order chi connectivity index (χ1) is 12.5. The van der Waals surface area contributed by atoms with Crippen molar-refractivity contribution < 1.29 is 18.4 Å². The van der Waals surface area contributed by atoms with Gasteiger partial charge in [-0.2, -0.15) is 0 Å². The third-order valence-corrected chi connectivity index (χ3v) is 4.55. The molecule has 0 spiro atoms. The number of benzene rings is 2. The lowest BCUT2D eigenvalue weighted by Crippen LogP contribution is -2.24. The maximum atomic E-state index is 13.2. The molecule has 1 saturated carbocycles. The molecule has 2 aromatic rings. The Morgan fingerprint density at radius 3 is 2.31 bits per heavy atom. The molecule has 2 N–H and O–H groups in total. The number of carbonyl (C=O) groups excluding carboxylic acids is 2. The molecule has 0 unspecified atom stereocenters. The molecule has 2 amide bonds. The number of hydrogen-bond donors (Lipinski definition) is 2. The number of hydrogen-bond acceptors (Lipinski definition) is 2. The molecule has 1 fully saturated rings. The molecule has 0 radical (unpaired) electrons. The van der Waals surface area contributed by atoms with Crippen LogP contribution in [0, 0.1) is 17.6 Å². The molecule has 0 aromatic heterocycles. The van der Waals surface area contributed by atoms with Crippen LogP contribution in [0.4, 0.5) is 20.2 Å². The highest BCUT2D eigenvalue weighted by Crippen LogP contribution is 2.25. The number of halogens is 2. The maximum Gasteiger partial charge on any atom is 0.255 e. The minimum atomic E-state index is -1.03. The van der Waals surface area contributed by atoms with Gasteiger partial charge in [0.15, 0.2) is 11.6 Å². The largest absolute Gasteiger partial charge is 0.326 e. The maximum absolute atomic E-state index is 13.2. The van der Waals surface area contributed by atoms with Crippen LogP contribution in [0.1, 0.15) is 42.5 Å². The van der Waals surface area contributed by atoms with E-state index in [0.717, 1.165) is 37.8 Å². The van der Waals surface area contributed by atoms with Gasteiger partial charge in [-0.3, -0.25) is 9.59 Å². The van der Waals surface area contributed by atoms with Gasteiger partial charge in [0.2, 0.25) is 5.91 Å². The SMILES string of the molecule is O=C(Nc1ccc(F)c(F)c1)c1cccc(NC(=O)C2CCCCC2)c1. The van der Waals surface area contributed by atoms with Gasteiger partial charge < -0.3 is 10.6 Å². The summed E-state index contributed by atoms with van der Waals surface area (Å²) in [6, 6.07) is 9.69. The summed E-state index contributed by atoms with van der Waals surface area (Å²) in [7, 11) is 0. The standard InChI is InChI=1S/C20H20F2N2O2/c21-17-10-9-16(12-18(17)22)24-20(26)14-7-4-8-15(11-14)23-19(25)13-5-2-1-3-6-13/h4,7-13H,1-3,5-6H2,(H,23,25)(H,24,26). The fourth-order valence-corrected chi connectivity index (χ4v) is 3.12. The van der Waals surface area contributed by atoms with Gasteiger partial charge in [-0.1, -0.05) is 25.3 Å². The zero-order chi connectivity index (χ0) is 18.5. The van der Waals surface area contributed by atoms with Crippen LogP contribution in [-0.2, 0) is 4.79 Å². The minimum Gasteiger partial charge on any atom is -0.326 e. The highest BCUT2D eigenvalue weighted by molar-refractivity contribution is 6.05. The van der Waals surface area contributed by atoms with Gasteiger partial charge in [-0.05, 0) is 43.2 Å². The Morgan fingerprint density at radius 2 is 1.58 bits per heavy atom. The normalized spacial score (nSPS) is 14.7. The summed E-state index contributed by atoms with van der Waals surface area (Å²) in [5.74, 6) is -2.48. The van der Waals surface area contributed by atoms with E-state index in [0.29, 0.717) is 11.3 Å².